The number of nitrogens with one attached hydrogen (secondary N) is 1. The lowest BCUT2D eigenvalue weighted by Gasteiger charge is -2.40. The van der Waals surface area contributed by atoms with E-state index in [1.165, 1.54) is 0 Å². The molecule has 104 valence electrons. The summed E-state index contributed by atoms with van der Waals surface area (Å²) in [5.74, 6) is 1.58. The molecule has 0 atom stereocenters. The molecule has 1 fully saturated rings. The Morgan fingerprint density at radius 1 is 1.32 bits per heavy atom. The lowest BCUT2D eigenvalue weighted by atomic mass is 9.83. The summed E-state index contributed by atoms with van der Waals surface area (Å²) in [4.78, 5) is 12.2. The van der Waals surface area contributed by atoms with Crippen LogP contribution in [0, 0.1) is 0 Å². The number of ketones is 1. The molecule has 3 rings (SSSR count). The van der Waals surface area contributed by atoms with Crippen molar-refractivity contribution in [2.24, 2.45) is 0 Å². The number of methoxy groups -OCH3 is 1. The van der Waals surface area contributed by atoms with E-state index < -0.39 is 0 Å². The summed E-state index contributed by atoms with van der Waals surface area (Å²) < 4.78 is 11.3. The van der Waals surface area contributed by atoms with Gasteiger partial charge in [-0.2, -0.15) is 0 Å². The molecular formula is C14H18ClNO3. The highest BCUT2D eigenvalue weighted by Crippen LogP contribution is 2.39. The van der Waals surface area contributed by atoms with Gasteiger partial charge in [0.05, 0.1) is 19.1 Å². The molecule has 1 aromatic rings. The van der Waals surface area contributed by atoms with Gasteiger partial charge in [0.15, 0.2) is 5.78 Å². The summed E-state index contributed by atoms with van der Waals surface area (Å²) in [5, 5.41) is 3.30. The van der Waals surface area contributed by atoms with E-state index in [2.05, 4.69) is 5.32 Å². The number of carbonyl (C=O) groups excluding carboxylic acids is 1. The van der Waals surface area contributed by atoms with E-state index in [0.29, 0.717) is 17.7 Å². The highest BCUT2D eigenvalue weighted by molar-refractivity contribution is 6.00. The van der Waals surface area contributed by atoms with Gasteiger partial charge in [-0.15, -0.1) is 12.4 Å². The van der Waals surface area contributed by atoms with Crippen molar-refractivity contribution in [3.8, 4) is 11.5 Å². The van der Waals surface area contributed by atoms with Crippen LogP contribution in [-0.4, -0.2) is 31.6 Å². The Labute approximate surface area is 118 Å². The molecule has 0 aromatic heterocycles. The smallest absolute Gasteiger partial charge is 0.170 e. The molecule has 5 heteroatoms. The molecule has 2 aliphatic rings. The second-order valence-corrected chi connectivity index (χ2v) is 5.00. The number of hydrogen-bond donors (Lipinski definition) is 1. The normalized spacial score (nSPS) is 20.2. The average Bonchev–Trinajstić information content (AvgIpc) is 2.38. The van der Waals surface area contributed by atoms with Crippen molar-refractivity contribution in [1.29, 1.82) is 0 Å². The van der Waals surface area contributed by atoms with Crippen LogP contribution in [0.15, 0.2) is 18.2 Å². The maximum atomic E-state index is 12.2. The Kier molecular flexibility index (Phi) is 4.02. The van der Waals surface area contributed by atoms with E-state index in [0.717, 1.165) is 31.7 Å². The summed E-state index contributed by atoms with van der Waals surface area (Å²) in [6.07, 6.45) is 2.26. The van der Waals surface area contributed by atoms with E-state index in [-0.39, 0.29) is 23.8 Å². The number of Topliss-reactive ketones (excluding diaryl/α,β-unsaturated/α-hetero) is 1. The molecule has 1 aromatic carbocycles. The molecule has 2 aliphatic heterocycles. The predicted molar refractivity (Wildman–Crippen MR) is 74.7 cm³/mol. The zero-order valence-electron chi connectivity index (χ0n) is 10.9. The van der Waals surface area contributed by atoms with Crippen LogP contribution in [0.25, 0.3) is 0 Å². The number of ether oxygens (including phenoxy) is 2. The van der Waals surface area contributed by atoms with Crippen molar-refractivity contribution in [2.45, 2.75) is 24.9 Å². The van der Waals surface area contributed by atoms with Crippen LogP contribution in [-0.2, 0) is 0 Å². The molecule has 2 heterocycles. The van der Waals surface area contributed by atoms with Gasteiger partial charge in [-0.3, -0.25) is 4.79 Å². The first kappa shape index (κ1) is 14.2. The van der Waals surface area contributed by atoms with Gasteiger partial charge in [-0.1, -0.05) is 0 Å². The van der Waals surface area contributed by atoms with E-state index in [1.54, 1.807) is 19.2 Å². The van der Waals surface area contributed by atoms with Gasteiger partial charge >= 0.3 is 0 Å². The topological polar surface area (TPSA) is 47.6 Å². The fourth-order valence-electron chi connectivity index (χ4n) is 2.76. The Hall–Kier alpha value is -1.26. The summed E-state index contributed by atoms with van der Waals surface area (Å²) in [6, 6.07) is 5.42. The number of rotatable bonds is 1. The van der Waals surface area contributed by atoms with Crippen LogP contribution in [0.5, 0.6) is 11.5 Å². The van der Waals surface area contributed by atoms with Gasteiger partial charge < -0.3 is 14.8 Å². The molecular weight excluding hydrogens is 266 g/mol. The Balaban J connectivity index is 0.00000133. The van der Waals surface area contributed by atoms with Gasteiger partial charge in [-0.25, -0.2) is 0 Å². The first-order valence-corrected chi connectivity index (χ1v) is 6.33. The van der Waals surface area contributed by atoms with Crippen LogP contribution in [0.2, 0.25) is 0 Å². The number of halogens is 1. The number of piperidine rings is 1. The maximum absolute atomic E-state index is 12.2. The summed E-state index contributed by atoms with van der Waals surface area (Å²) >= 11 is 0. The van der Waals surface area contributed by atoms with Gasteiger partial charge in [0.1, 0.15) is 17.1 Å². The Morgan fingerprint density at radius 3 is 2.74 bits per heavy atom. The molecule has 0 amide bonds. The summed E-state index contributed by atoms with van der Waals surface area (Å²) in [7, 11) is 1.62. The van der Waals surface area contributed by atoms with Crippen molar-refractivity contribution < 1.29 is 14.3 Å². The molecule has 0 aliphatic carbocycles. The minimum Gasteiger partial charge on any atom is -0.497 e. The molecule has 0 unspecified atom stereocenters. The lowest BCUT2D eigenvalue weighted by molar-refractivity contribution is 0.0186. The quantitative estimate of drug-likeness (QED) is 0.858. The first-order valence-electron chi connectivity index (χ1n) is 6.33. The van der Waals surface area contributed by atoms with Gasteiger partial charge in [0.2, 0.25) is 0 Å². The third kappa shape index (κ3) is 2.55. The van der Waals surface area contributed by atoms with Crippen LogP contribution >= 0.6 is 12.4 Å². The van der Waals surface area contributed by atoms with Gasteiger partial charge in [0, 0.05) is 18.9 Å². The number of carbonyl (C=O) groups is 1. The average molecular weight is 284 g/mol. The van der Waals surface area contributed by atoms with Crippen LogP contribution in [0.3, 0.4) is 0 Å². The Bertz CT molecular complexity index is 484. The van der Waals surface area contributed by atoms with Gasteiger partial charge in [-0.05, 0) is 25.2 Å². The van der Waals surface area contributed by atoms with Crippen LogP contribution < -0.4 is 14.8 Å². The third-order valence-electron chi connectivity index (χ3n) is 3.81. The summed E-state index contributed by atoms with van der Waals surface area (Å²) in [5.41, 5.74) is 0.377. The fraction of sp³-hybridized carbons (Fsp3) is 0.500. The number of fused-ring (bicyclic) bond motifs is 1. The first-order chi connectivity index (χ1) is 8.72. The van der Waals surface area contributed by atoms with Crippen molar-refractivity contribution in [2.75, 3.05) is 20.2 Å². The molecule has 0 radical (unpaired) electrons. The largest absolute Gasteiger partial charge is 0.497 e. The molecule has 1 saturated heterocycles. The zero-order chi connectivity index (χ0) is 12.6. The molecule has 1 N–H and O–H groups in total. The Morgan fingerprint density at radius 2 is 2.05 bits per heavy atom. The second-order valence-electron chi connectivity index (χ2n) is 5.00. The lowest BCUT2D eigenvalue weighted by Crippen LogP contribution is -2.49. The van der Waals surface area contributed by atoms with E-state index in [1.807, 2.05) is 6.07 Å². The molecule has 1 spiro atoms. The molecule has 19 heavy (non-hydrogen) atoms. The molecule has 0 bridgehead atoms. The standard InChI is InChI=1S/C14H17NO3.ClH/c1-17-10-2-3-11-12(16)9-14(18-13(11)8-10)4-6-15-7-5-14;/h2-3,8,15H,4-7,9H2,1H3;1H. The SMILES string of the molecule is COc1ccc2c(c1)OC1(CCNCC1)CC2=O.Cl. The van der Waals surface area contributed by atoms with E-state index >= 15 is 0 Å². The summed E-state index contributed by atoms with van der Waals surface area (Å²) in [6.45, 7) is 1.82. The highest BCUT2D eigenvalue weighted by Gasteiger charge is 2.41. The van der Waals surface area contributed by atoms with Crippen molar-refractivity contribution in [3.05, 3.63) is 23.8 Å². The number of hydrogen-bond acceptors (Lipinski definition) is 4. The van der Waals surface area contributed by atoms with E-state index in [4.69, 9.17) is 9.47 Å². The van der Waals surface area contributed by atoms with Crippen molar-refractivity contribution in [1.82, 2.24) is 5.32 Å². The minimum atomic E-state index is -0.304. The zero-order valence-corrected chi connectivity index (χ0v) is 11.7. The monoisotopic (exact) mass is 283 g/mol. The van der Waals surface area contributed by atoms with Crippen LogP contribution in [0.1, 0.15) is 29.6 Å². The number of benzene rings is 1. The van der Waals surface area contributed by atoms with E-state index in [9.17, 15) is 4.79 Å². The van der Waals surface area contributed by atoms with Crippen LogP contribution in [0.4, 0.5) is 0 Å². The second kappa shape index (κ2) is 5.39. The van der Waals surface area contributed by atoms with Crippen molar-refractivity contribution in [3.63, 3.8) is 0 Å². The third-order valence-corrected chi connectivity index (χ3v) is 3.81. The minimum absolute atomic E-state index is 0. The van der Waals surface area contributed by atoms with Crippen molar-refractivity contribution >= 4 is 18.2 Å². The highest BCUT2D eigenvalue weighted by atomic mass is 35.5. The predicted octanol–water partition coefficient (Wildman–Crippen LogP) is 2.20. The maximum Gasteiger partial charge on any atom is 0.170 e. The molecule has 0 saturated carbocycles. The fourth-order valence-corrected chi connectivity index (χ4v) is 2.76. The van der Waals surface area contributed by atoms with Gasteiger partial charge in [0.25, 0.3) is 0 Å². The molecule has 4 nitrogen and oxygen atoms in total.